The van der Waals surface area contributed by atoms with Crippen LogP contribution in [0.3, 0.4) is 0 Å². The standard InChI is InChI=1S/C17H19BrN2O2/c1-17(22,8-7-13-5-3-2-4-6-13)12-20-16(21)14-9-15(18)11-19-10-14/h2-6,9-11,22H,7-8,12H2,1H3,(H,20,21). The fraction of sp³-hybridized carbons (Fsp3) is 0.294. The van der Waals surface area contributed by atoms with Crippen molar-refractivity contribution in [3.63, 3.8) is 0 Å². The van der Waals surface area contributed by atoms with Gasteiger partial charge in [-0.05, 0) is 47.3 Å². The molecule has 0 aliphatic rings. The highest BCUT2D eigenvalue weighted by Gasteiger charge is 2.21. The highest BCUT2D eigenvalue weighted by molar-refractivity contribution is 9.10. The SMILES string of the molecule is CC(O)(CCc1ccccc1)CNC(=O)c1cncc(Br)c1. The largest absolute Gasteiger partial charge is 0.388 e. The van der Waals surface area contributed by atoms with E-state index >= 15 is 0 Å². The number of hydrogen-bond acceptors (Lipinski definition) is 3. The van der Waals surface area contributed by atoms with Gasteiger partial charge in [0.05, 0.1) is 11.2 Å². The smallest absolute Gasteiger partial charge is 0.252 e. The van der Waals surface area contributed by atoms with Crippen LogP contribution in [0.15, 0.2) is 53.3 Å². The maximum Gasteiger partial charge on any atom is 0.252 e. The molecule has 1 heterocycles. The maximum absolute atomic E-state index is 12.0. The Hall–Kier alpha value is -1.72. The van der Waals surface area contributed by atoms with Crippen LogP contribution >= 0.6 is 15.9 Å². The zero-order chi connectivity index (χ0) is 16.0. The van der Waals surface area contributed by atoms with Crippen LogP contribution in [0.1, 0.15) is 29.3 Å². The fourth-order valence-electron chi connectivity index (χ4n) is 2.06. The molecule has 0 saturated heterocycles. The first kappa shape index (κ1) is 16.6. The van der Waals surface area contributed by atoms with E-state index in [9.17, 15) is 9.90 Å². The molecule has 116 valence electrons. The summed E-state index contributed by atoms with van der Waals surface area (Å²) in [6.07, 6.45) is 4.46. The first-order valence-corrected chi connectivity index (χ1v) is 7.91. The quantitative estimate of drug-likeness (QED) is 0.830. The Kier molecular flexibility index (Phi) is 5.69. The van der Waals surface area contributed by atoms with Crippen molar-refractivity contribution in [1.82, 2.24) is 10.3 Å². The lowest BCUT2D eigenvalue weighted by Crippen LogP contribution is -2.41. The van der Waals surface area contributed by atoms with Gasteiger partial charge in [-0.2, -0.15) is 0 Å². The Bertz CT molecular complexity index is 630. The molecule has 1 atom stereocenters. The number of pyridine rings is 1. The van der Waals surface area contributed by atoms with E-state index in [0.717, 1.165) is 10.9 Å². The minimum atomic E-state index is -0.953. The molecule has 5 heteroatoms. The van der Waals surface area contributed by atoms with Crippen LogP contribution in [0.2, 0.25) is 0 Å². The molecule has 0 fully saturated rings. The molecule has 4 nitrogen and oxygen atoms in total. The minimum Gasteiger partial charge on any atom is -0.388 e. The van der Waals surface area contributed by atoms with Gasteiger partial charge in [0.15, 0.2) is 0 Å². The first-order chi connectivity index (χ1) is 10.5. The van der Waals surface area contributed by atoms with Crippen molar-refractivity contribution in [3.8, 4) is 0 Å². The highest BCUT2D eigenvalue weighted by Crippen LogP contribution is 2.14. The van der Waals surface area contributed by atoms with Crippen molar-refractivity contribution in [2.24, 2.45) is 0 Å². The Morgan fingerprint density at radius 2 is 2.05 bits per heavy atom. The predicted octanol–water partition coefficient (Wildman–Crippen LogP) is 2.96. The van der Waals surface area contributed by atoms with Gasteiger partial charge in [-0.15, -0.1) is 0 Å². The summed E-state index contributed by atoms with van der Waals surface area (Å²) in [5, 5.41) is 13.1. The Morgan fingerprint density at radius 3 is 2.73 bits per heavy atom. The van der Waals surface area contributed by atoms with Gasteiger partial charge in [0.1, 0.15) is 0 Å². The van der Waals surface area contributed by atoms with Crippen molar-refractivity contribution in [2.45, 2.75) is 25.4 Å². The summed E-state index contributed by atoms with van der Waals surface area (Å²) >= 11 is 3.28. The summed E-state index contributed by atoms with van der Waals surface area (Å²) in [6, 6.07) is 11.7. The number of aryl methyl sites for hydroxylation is 1. The topological polar surface area (TPSA) is 62.2 Å². The van der Waals surface area contributed by atoms with E-state index in [1.165, 1.54) is 11.8 Å². The molecule has 1 aromatic heterocycles. The summed E-state index contributed by atoms with van der Waals surface area (Å²) in [5.41, 5.74) is 0.684. The number of aliphatic hydroxyl groups is 1. The van der Waals surface area contributed by atoms with Crippen LogP contribution in [0.4, 0.5) is 0 Å². The normalized spacial score (nSPS) is 13.4. The average Bonchev–Trinajstić information content (AvgIpc) is 2.52. The molecule has 0 spiro atoms. The van der Waals surface area contributed by atoms with Gasteiger partial charge in [-0.25, -0.2) is 0 Å². The van der Waals surface area contributed by atoms with E-state index in [2.05, 4.69) is 26.2 Å². The molecular weight excluding hydrogens is 344 g/mol. The second kappa shape index (κ2) is 7.51. The molecule has 1 aromatic carbocycles. The summed E-state index contributed by atoms with van der Waals surface area (Å²) in [4.78, 5) is 16.0. The van der Waals surface area contributed by atoms with E-state index in [1.54, 1.807) is 19.2 Å². The van der Waals surface area contributed by atoms with Crippen LogP contribution in [-0.2, 0) is 6.42 Å². The summed E-state index contributed by atoms with van der Waals surface area (Å²) in [7, 11) is 0. The number of rotatable bonds is 6. The van der Waals surface area contributed by atoms with E-state index in [0.29, 0.717) is 12.0 Å². The van der Waals surface area contributed by atoms with Crippen LogP contribution in [0.25, 0.3) is 0 Å². The second-order valence-corrected chi connectivity index (χ2v) is 6.47. The Morgan fingerprint density at radius 1 is 1.32 bits per heavy atom. The lowest BCUT2D eigenvalue weighted by molar-refractivity contribution is 0.0478. The maximum atomic E-state index is 12.0. The summed E-state index contributed by atoms with van der Waals surface area (Å²) < 4.78 is 0.746. The van der Waals surface area contributed by atoms with Gasteiger partial charge >= 0.3 is 0 Å². The predicted molar refractivity (Wildman–Crippen MR) is 89.7 cm³/mol. The number of nitrogens with zero attached hydrogens (tertiary/aromatic N) is 1. The van der Waals surface area contributed by atoms with Crippen LogP contribution < -0.4 is 5.32 Å². The van der Waals surface area contributed by atoms with Gasteiger partial charge in [0.25, 0.3) is 5.91 Å². The fourth-order valence-corrected chi connectivity index (χ4v) is 2.42. The molecule has 0 radical (unpaired) electrons. The van der Waals surface area contributed by atoms with E-state index in [4.69, 9.17) is 0 Å². The number of nitrogens with one attached hydrogen (secondary N) is 1. The van der Waals surface area contributed by atoms with Gasteiger partial charge in [-0.3, -0.25) is 9.78 Å². The van der Waals surface area contributed by atoms with Crippen molar-refractivity contribution >= 4 is 21.8 Å². The Balaban J connectivity index is 1.85. The molecular formula is C17H19BrN2O2. The molecule has 2 rings (SSSR count). The molecule has 0 aliphatic heterocycles. The zero-order valence-corrected chi connectivity index (χ0v) is 14.0. The van der Waals surface area contributed by atoms with Gasteiger partial charge in [-0.1, -0.05) is 30.3 Å². The van der Waals surface area contributed by atoms with Crippen LogP contribution in [0.5, 0.6) is 0 Å². The second-order valence-electron chi connectivity index (χ2n) is 5.56. The lowest BCUT2D eigenvalue weighted by atomic mass is 9.96. The first-order valence-electron chi connectivity index (χ1n) is 7.11. The van der Waals surface area contributed by atoms with Crippen molar-refractivity contribution < 1.29 is 9.90 Å². The number of carbonyl (C=O) groups is 1. The third-order valence-corrected chi connectivity index (χ3v) is 3.83. The molecule has 2 N–H and O–H groups in total. The average molecular weight is 363 g/mol. The van der Waals surface area contributed by atoms with Gasteiger partial charge in [0, 0.05) is 23.4 Å². The molecule has 0 aliphatic carbocycles. The molecule has 1 unspecified atom stereocenters. The van der Waals surface area contributed by atoms with Crippen LogP contribution in [0, 0.1) is 0 Å². The number of hydrogen-bond donors (Lipinski definition) is 2. The molecule has 0 bridgehead atoms. The molecule has 1 amide bonds. The van der Waals surface area contributed by atoms with E-state index in [-0.39, 0.29) is 12.5 Å². The molecule has 2 aromatic rings. The summed E-state index contributed by atoms with van der Waals surface area (Å²) in [6.45, 7) is 1.93. The number of amides is 1. The molecule has 0 saturated carbocycles. The number of aromatic nitrogens is 1. The van der Waals surface area contributed by atoms with Crippen molar-refractivity contribution in [3.05, 3.63) is 64.4 Å². The van der Waals surface area contributed by atoms with Crippen molar-refractivity contribution in [2.75, 3.05) is 6.54 Å². The third-order valence-electron chi connectivity index (χ3n) is 3.39. The number of halogens is 1. The zero-order valence-electron chi connectivity index (χ0n) is 12.4. The number of benzene rings is 1. The Labute approximate surface area is 138 Å². The lowest BCUT2D eigenvalue weighted by Gasteiger charge is -2.23. The molecule has 22 heavy (non-hydrogen) atoms. The summed E-state index contributed by atoms with van der Waals surface area (Å²) in [5.74, 6) is -0.242. The van der Waals surface area contributed by atoms with E-state index in [1.807, 2.05) is 30.3 Å². The van der Waals surface area contributed by atoms with E-state index < -0.39 is 5.60 Å². The third kappa shape index (κ3) is 5.24. The number of carbonyl (C=O) groups excluding carboxylic acids is 1. The van der Waals surface area contributed by atoms with Crippen molar-refractivity contribution in [1.29, 1.82) is 0 Å². The monoisotopic (exact) mass is 362 g/mol. The minimum absolute atomic E-state index is 0.200. The highest BCUT2D eigenvalue weighted by atomic mass is 79.9. The van der Waals surface area contributed by atoms with Gasteiger partial charge in [0.2, 0.25) is 0 Å². The van der Waals surface area contributed by atoms with Gasteiger partial charge < -0.3 is 10.4 Å². The van der Waals surface area contributed by atoms with Crippen LogP contribution in [-0.4, -0.2) is 28.1 Å².